The van der Waals surface area contributed by atoms with Gasteiger partial charge in [-0.3, -0.25) is 10.1 Å². The maximum absolute atomic E-state index is 15.0. The molecule has 39 heavy (non-hydrogen) atoms. The average Bonchev–Trinajstić information content (AvgIpc) is 2.92. The second-order valence-corrected chi connectivity index (χ2v) is 9.26. The fourth-order valence-electron chi connectivity index (χ4n) is 3.91. The summed E-state index contributed by atoms with van der Waals surface area (Å²) in [6.07, 6.45) is 2.77. The van der Waals surface area contributed by atoms with Crippen LogP contribution in [0.3, 0.4) is 0 Å². The number of nitrogens with one attached hydrogen (secondary N) is 2. The van der Waals surface area contributed by atoms with Gasteiger partial charge in [-0.15, -0.1) is 0 Å². The Morgan fingerprint density at radius 3 is 2.64 bits per heavy atom. The van der Waals surface area contributed by atoms with Crippen LogP contribution in [0.15, 0.2) is 67.0 Å². The first kappa shape index (κ1) is 26.2. The number of methoxy groups -OCH3 is 1. The van der Waals surface area contributed by atoms with Crippen molar-refractivity contribution in [2.24, 2.45) is 0 Å². The summed E-state index contributed by atoms with van der Waals surface area (Å²) in [6, 6.07) is 14.0. The van der Waals surface area contributed by atoms with E-state index in [2.05, 4.69) is 20.6 Å². The number of amides is 3. The average molecular weight is 568 g/mol. The van der Waals surface area contributed by atoms with Crippen molar-refractivity contribution in [3.8, 4) is 17.2 Å². The van der Waals surface area contributed by atoms with Crippen molar-refractivity contribution in [1.82, 2.24) is 14.9 Å². The van der Waals surface area contributed by atoms with Crippen LogP contribution in [0.1, 0.15) is 21.5 Å². The fourth-order valence-corrected chi connectivity index (χ4v) is 4.26. The second kappa shape index (κ2) is 11.1. The Hall–Kier alpha value is -4.41. The molecule has 0 spiro atoms. The molecule has 0 fully saturated rings. The predicted molar refractivity (Wildman–Crippen MR) is 144 cm³/mol. The molecule has 0 saturated carbocycles. The summed E-state index contributed by atoms with van der Waals surface area (Å²) in [7, 11) is 1.58. The van der Waals surface area contributed by atoms with Gasteiger partial charge in [-0.1, -0.05) is 35.3 Å². The monoisotopic (exact) mass is 567 g/mol. The highest BCUT2D eigenvalue weighted by atomic mass is 35.5. The maximum atomic E-state index is 15.0. The Morgan fingerprint density at radius 2 is 1.90 bits per heavy atom. The number of hydrogen-bond acceptors (Lipinski definition) is 6. The molecule has 198 valence electrons. The molecule has 0 radical (unpaired) electrons. The van der Waals surface area contributed by atoms with E-state index in [0.717, 1.165) is 11.6 Å². The number of rotatable bonds is 7. The number of ether oxygens (including phenoxy) is 2. The molecule has 9 nitrogen and oxygen atoms in total. The number of anilines is 2. The second-order valence-electron chi connectivity index (χ2n) is 8.46. The number of hydrogen-bond donors (Lipinski definition) is 2. The highest BCUT2D eigenvalue weighted by molar-refractivity contribution is 6.35. The number of halogens is 3. The largest absolute Gasteiger partial charge is 0.497 e. The van der Waals surface area contributed by atoms with Gasteiger partial charge in [-0.25, -0.2) is 19.2 Å². The third-order valence-electron chi connectivity index (χ3n) is 5.87. The molecule has 3 heterocycles. The van der Waals surface area contributed by atoms with Gasteiger partial charge in [-0.2, -0.15) is 0 Å². The lowest BCUT2D eigenvalue weighted by atomic mass is 10.1. The van der Waals surface area contributed by atoms with E-state index in [1.807, 2.05) is 24.3 Å². The Bertz CT molecular complexity index is 1570. The lowest BCUT2D eigenvalue weighted by Crippen LogP contribution is -2.38. The quantitative estimate of drug-likeness (QED) is 0.246. The number of pyridine rings is 2. The molecule has 12 heteroatoms. The first-order chi connectivity index (χ1) is 18.8. The van der Waals surface area contributed by atoms with E-state index in [-0.39, 0.29) is 39.8 Å². The Kier molecular flexibility index (Phi) is 7.49. The summed E-state index contributed by atoms with van der Waals surface area (Å²) in [5, 5.41) is 5.51. The molecular formula is C27H20Cl2FN5O4. The number of urea groups is 1. The van der Waals surface area contributed by atoms with Crippen LogP contribution >= 0.6 is 23.2 Å². The molecule has 0 aliphatic carbocycles. The van der Waals surface area contributed by atoms with Gasteiger partial charge in [0.1, 0.15) is 22.5 Å². The molecular weight excluding hydrogens is 548 g/mol. The number of fused-ring (bicyclic) bond motifs is 1. The van der Waals surface area contributed by atoms with Gasteiger partial charge in [-0.05, 0) is 42.0 Å². The van der Waals surface area contributed by atoms with Crippen LogP contribution in [0.5, 0.6) is 17.2 Å². The van der Waals surface area contributed by atoms with Crippen molar-refractivity contribution in [3.63, 3.8) is 0 Å². The molecule has 0 bridgehead atoms. The standard InChI is InChI=1S/C27H20Cl2FN5O4/c1-38-18-5-2-15(3-6-18)13-35-14-20-22(8-9-31-25(20)34-27(35)37)39-23-7-4-17(11-21(23)30)33-26(36)19-10-16(28)12-32-24(19)29/h2-12H,13-14H2,1H3,(H,33,36)(H,31,34,37). The smallest absolute Gasteiger partial charge is 0.323 e. The van der Waals surface area contributed by atoms with Crippen molar-refractivity contribution in [3.05, 3.63) is 99.7 Å². The first-order valence-electron chi connectivity index (χ1n) is 11.6. The molecule has 4 aromatic rings. The SMILES string of the molecule is COc1ccc(CN2Cc3c(Oc4ccc(NC(=O)c5cc(Cl)cnc5Cl)cc4F)ccnc3NC2=O)cc1. The van der Waals surface area contributed by atoms with Crippen molar-refractivity contribution in [2.75, 3.05) is 17.7 Å². The molecule has 1 aliphatic rings. The zero-order valence-corrected chi connectivity index (χ0v) is 21.9. The van der Waals surface area contributed by atoms with Crippen LogP contribution in [0.2, 0.25) is 10.2 Å². The number of carbonyl (C=O) groups excluding carboxylic acids is 2. The first-order valence-corrected chi connectivity index (χ1v) is 12.3. The van der Waals surface area contributed by atoms with Crippen molar-refractivity contribution >= 4 is 46.6 Å². The minimum Gasteiger partial charge on any atom is -0.497 e. The van der Waals surface area contributed by atoms with Crippen LogP contribution in [-0.4, -0.2) is 33.9 Å². The highest BCUT2D eigenvalue weighted by Gasteiger charge is 2.27. The molecule has 0 atom stereocenters. The van der Waals surface area contributed by atoms with Crippen LogP contribution in [-0.2, 0) is 13.1 Å². The lowest BCUT2D eigenvalue weighted by molar-refractivity contribution is 0.102. The van der Waals surface area contributed by atoms with Crippen LogP contribution < -0.4 is 20.1 Å². The highest BCUT2D eigenvalue weighted by Crippen LogP contribution is 2.35. The van der Waals surface area contributed by atoms with Crippen molar-refractivity contribution in [1.29, 1.82) is 0 Å². The van der Waals surface area contributed by atoms with Gasteiger partial charge in [0.25, 0.3) is 5.91 Å². The summed E-state index contributed by atoms with van der Waals surface area (Å²) >= 11 is 11.9. The van der Waals surface area contributed by atoms with Gasteiger partial charge < -0.3 is 19.7 Å². The van der Waals surface area contributed by atoms with E-state index in [1.54, 1.807) is 18.1 Å². The normalized spacial score (nSPS) is 12.4. The zero-order valence-electron chi connectivity index (χ0n) is 20.4. The summed E-state index contributed by atoms with van der Waals surface area (Å²) in [5.41, 5.74) is 1.72. The number of nitrogens with zero attached hydrogens (tertiary/aromatic N) is 3. The van der Waals surface area contributed by atoms with Gasteiger partial charge in [0.15, 0.2) is 11.6 Å². The van der Waals surface area contributed by atoms with E-state index in [1.165, 1.54) is 30.6 Å². The van der Waals surface area contributed by atoms with Gasteiger partial charge in [0, 0.05) is 30.7 Å². The van der Waals surface area contributed by atoms with Gasteiger partial charge in [0.2, 0.25) is 0 Å². The Labute approximate surface area is 232 Å². The van der Waals surface area contributed by atoms with E-state index in [4.69, 9.17) is 32.7 Å². The summed E-state index contributed by atoms with van der Waals surface area (Å²) in [5.74, 6) is -0.0259. The topological polar surface area (TPSA) is 106 Å². The molecule has 3 amide bonds. The molecule has 0 saturated heterocycles. The number of benzene rings is 2. The van der Waals surface area contributed by atoms with Gasteiger partial charge in [0.05, 0.1) is 29.8 Å². The lowest BCUT2D eigenvalue weighted by Gasteiger charge is -2.29. The minimum absolute atomic E-state index is 0.0343. The zero-order chi connectivity index (χ0) is 27.5. The summed E-state index contributed by atoms with van der Waals surface area (Å²) in [4.78, 5) is 34.9. The van der Waals surface area contributed by atoms with Crippen molar-refractivity contribution in [2.45, 2.75) is 13.1 Å². The molecule has 1 aliphatic heterocycles. The van der Waals surface area contributed by atoms with E-state index >= 15 is 4.39 Å². The number of carbonyl (C=O) groups is 2. The van der Waals surface area contributed by atoms with Crippen molar-refractivity contribution < 1.29 is 23.5 Å². The molecule has 2 N–H and O–H groups in total. The van der Waals surface area contributed by atoms with Crippen LogP contribution in [0.4, 0.5) is 20.7 Å². The fraction of sp³-hybridized carbons (Fsp3) is 0.111. The van der Waals surface area contributed by atoms with E-state index < -0.39 is 11.7 Å². The van der Waals surface area contributed by atoms with E-state index in [0.29, 0.717) is 29.4 Å². The van der Waals surface area contributed by atoms with Gasteiger partial charge >= 0.3 is 6.03 Å². The molecule has 2 aromatic heterocycles. The van der Waals surface area contributed by atoms with E-state index in [9.17, 15) is 9.59 Å². The summed E-state index contributed by atoms with van der Waals surface area (Å²) in [6.45, 7) is 0.527. The third-order valence-corrected chi connectivity index (χ3v) is 6.37. The predicted octanol–water partition coefficient (Wildman–Crippen LogP) is 6.52. The van der Waals surface area contributed by atoms with Crippen LogP contribution in [0, 0.1) is 5.82 Å². The minimum atomic E-state index is -0.719. The number of aromatic nitrogens is 2. The molecule has 0 unspecified atom stereocenters. The summed E-state index contributed by atoms with van der Waals surface area (Å²) < 4.78 is 26.1. The Morgan fingerprint density at radius 1 is 1.10 bits per heavy atom. The van der Waals surface area contributed by atoms with Crippen LogP contribution in [0.25, 0.3) is 0 Å². The Balaban J connectivity index is 1.32. The molecule has 5 rings (SSSR count). The third kappa shape index (κ3) is 5.87. The maximum Gasteiger partial charge on any atom is 0.323 e. The molecule has 2 aromatic carbocycles.